The van der Waals surface area contributed by atoms with Gasteiger partial charge in [-0.15, -0.1) is 11.3 Å². The molecule has 1 aliphatic heterocycles. The Bertz CT molecular complexity index is 1390. The number of dihydropyridines is 1. The van der Waals surface area contributed by atoms with Crippen molar-refractivity contribution in [3.05, 3.63) is 98.0 Å². The number of ketones is 1. The molecule has 2 aromatic carbocycles. The van der Waals surface area contributed by atoms with Crippen LogP contribution in [0, 0.1) is 0 Å². The second kappa shape index (κ2) is 9.84. The van der Waals surface area contributed by atoms with Crippen LogP contribution in [0.15, 0.2) is 82.5 Å². The van der Waals surface area contributed by atoms with Gasteiger partial charge in [-0.3, -0.25) is 9.59 Å². The number of phenols is 1. The minimum absolute atomic E-state index is 0.00323. The summed E-state index contributed by atoms with van der Waals surface area (Å²) in [5.74, 6) is -0.564. The number of carbonyl (C=O) groups is 2. The van der Waals surface area contributed by atoms with Crippen LogP contribution in [0.1, 0.15) is 42.0 Å². The number of phenolic OH excluding ortho intramolecular Hbond substituents is 1. The molecule has 3 aromatic rings. The highest BCUT2D eigenvalue weighted by atomic mass is 35.5. The summed E-state index contributed by atoms with van der Waals surface area (Å²) in [7, 11) is 1.47. The fourth-order valence-electron chi connectivity index (χ4n) is 5.00. The Balaban J connectivity index is 1.59. The first-order chi connectivity index (χ1) is 17.4. The Hall–Kier alpha value is -3.55. The zero-order valence-corrected chi connectivity index (χ0v) is 21.4. The molecular weight excluding hydrogens is 496 g/mol. The fraction of sp³-hybridized carbons (Fsp3) is 0.214. The van der Waals surface area contributed by atoms with Gasteiger partial charge in [0, 0.05) is 56.4 Å². The zero-order chi connectivity index (χ0) is 25.4. The maximum atomic E-state index is 13.7. The molecule has 1 aliphatic carbocycles. The number of ether oxygens (including phenoxy) is 1. The van der Waals surface area contributed by atoms with Crippen LogP contribution in [0.5, 0.6) is 11.5 Å². The number of benzene rings is 2. The van der Waals surface area contributed by atoms with Gasteiger partial charge in [0.2, 0.25) is 0 Å². The largest absolute Gasteiger partial charge is 0.504 e. The summed E-state index contributed by atoms with van der Waals surface area (Å²) in [5, 5.41) is 19.1. The van der Waals surface area contributed by atoms with E-state index in [1.807, 2.05) is 18.4 Å². The second-order valence-electron chi connectivity index (χ2n) is 8.92. The van der Waals surface area contributed by atoms with Crippen molar-refractivity contribution in [1.29, 1.82) is 0 Å². The Morgan fingerprint density at radius 3 is 2.64 bits per heavy atom. The number of amides is 1. The molecule has 8 heteroatoms. The first-order valence-corrected chi connectivity index (χ1v) is 12.8. The first kappa shape index (κ1) is 24.2. The van der Waals surface area contributed by atoms with E-state index in [2.05, 4.69) is 16.7 Å². The molecule has 0 fully saturated rings. The summed E-state index contributed by atoms with van der Waals surface area (Å²) < 4.78 is 5.34. The van der Waals surface area contributed by atoms with Crippen molar-refractivity contribution >= 4 is 40.3 Å². The average Bonchev–Trinajstić information content (AvgIpc) is 3.40. The molecule has 184 valence electrons. The molecule has 0 spiro atoms. The van der Waals surface area contributed by atoms with Gasteiger partial charge < -0.3 is 20.5 Å². The third-order valence-corrected chi connectivity index (χ3v) is 7.94. The Labute approximate surface area is 218 Å². The van der Waals surface area contributed by atoms with Crippen LogP contribution in [0.4, 0.5) is 5.69 Å². The van der Waals surface area contributed by atoms with Gasteiger partial charge in [-0.05, 0) is 66.8 Å². The van der Waals surface area contributed by atoms with E-state index < -0.39 is 5.92 Å². The van der Waals surface area contributed by atoms with E-state index in [1.54, 1.807) is 47.7 Å². The molecule has 2 atom stereocenters. The van der Waals surface area contributed by atoms with Crippen LogP contribution in [-0.4, -0.2) is 23.9 Å². The van der Waals surface area contributed by atoms with Crippen molar-refractivity contribution in [2.75, 3.05) is 12.4 Å². The Morgan fingerprint density at radius 2 is 1.94 bits per heavy atom. The van der Waals surface area contributed by atoms with E-state index in [1.165, 1.54) is 18.1 Å². The third kappa shape index (κ3) is 4.52. The molecule has 6 nitrogen and oxygen atoms in total. The number of Topliss-reactive ketones (excluding diaryl/α,β-unsaturated/α-hetero) is 1. The minimum Gasteiger partial charge on any atom is -0.504 e. The highest BCUT2D eigenvalue weighted by Gasteiger charge is 2.41. The molecule has 3 N–H and O–H groups in total. The topological polar surface area (TPSA) is 87.7 Å². The van der Waals surface area contributed by atoms with Crippen LogP contribution in [-0.2, 0) is 9.59 Å². The number of aromatic hydroxyl groups is 1. The summed E-state index contributed by atoms with van der Waals surface area (Å²) in [6.45, 7) is 1.85. The number of carbonyl (C=O) groups excluding carboxylic acids is 2. The average molecular weight is 521 g/mol. The summed E-state index contributed by atoms with van der Waals surface area (Å²) in [6.07, 6.45) is 1.05. The highest BCUT2D eigenvalue weighted by Crippen LogP contribution is 2.47. The normalized spacial score (nSPS) is 19.6. The number of hydrogen-bond acceptors (Lipinski definition) is 6. The third-order valence-electron chi connectivity index (χ3n) is 6.66. The lowest BCUT2D eigenvalue weighted by Gasteiger charge is -2.36. The van der Waals surface area contributed by atoms with Gasteiger partial charge in [0.1, 0.15) is 0 Å². The number of halogens is 1. The SMILES string of the molecule is COc1cc([C@H]2C(C(=O)Nc3ccc(Cl)cc3)=C(C)NC3=C2C(=O)C[C@H](c2cccs2)C3)ccc1O. The standard InChI is InChI=1S/C28H25ClN2O4S/c1-15-25(28(34)31-19-8-6-18(29)7-9-19)26(16-5-10-21(32)23(14-16)35-2)27-20(30-15)12-17(13-22(27)33)24-4-3-11-36-24/h3-11,14,17,26,30,32H,12-13H2,1-2H3,(H,31,34)/t17-,26+/m1/s1. The van der Waals surface area contributed by atoms with Crippen molar-refractivity contribution in [3.8, 4) is 11.5 Å². The lowest BCUT2D eigenvalue weighted by atomic mass is 9.72. The van der Waals surface area contributed by atoms with E-state index in [4.69, 9.17) is 16.3 Å². The smallest absolute Gasteiger partial charge is 0.254 e. The monoisotopic (exact) mass is 520 g/mol. The van der Waals surface area contributed by atoms with Crippen LogP contribution in [0.3, 0.4) is 0 Å². The predicted molar refractivity (Wildman–Crippen MR) is 142 cm³/mol. The van der Waals surface area contributed by atoms with Gasteiger partial charge >= 0.3 is 0 Å². The molecule has 0 saturated carbocycles. The number of methoxy groups -OCH3 is 1. The van der Waals surface area contributed by atoms with Crippen molar-refractivity contribution in [3.63, 3.8) is 0 Å². The summed E-state index contributed by atoms with van der Waals surface area (Å²) in [5.41, 5.74) is 3.84. The van der Waals surface area contributed by atoms with Crippen molar-refractivity contribution < 1.29 is 19.4 Å². The van der Waals surface area contributed by atoms with E-state index in [-0.39, 0.29) is 29.1 Å². The fourth-order valence-corrected chi connectivity index (χ4v) is 5.96. The summed E-state index contributed by atoms with van der Waals surface area (Å²) >= 11 is 7.65. The van der Waals surface area contributed by atoms with Crippen molar-refractivity contribution in [2.45, 2.75) is 31.6 Å². The van der Waals surface area contributed by atoms with Gasteiger partial charge in [-0.2, -0.15) is 0 Å². The summed E-state index contributed by atoms with van der Waals surface area (Å²) in [4.78, 5) is 28.5. The number of allylic oxidation sites excluding steroid dienone is 3. The van der Waals surface area contributed by atoms with Crippen LogP contribution in [0.2, 0.25) is 5.02 Å². The lowest BCUT2D eigenvalue weighted by Crippen LogP contribution is -2.37. The quantitative estimate of drug-likeness (QED) is 0.377. The molecule has 0 bridgehead atoms. The first-order valence-electron chi connectivity index (χ1n) is 11.6. The number of nitrogens with one attached hydrogen (secondary N) is 2. The maximum Gasteiger partial charge on any atom is 0.254 e. The van der Waals surface area contributed by atoms with Crippen LogP contribution >= 0.6 is 22.9 Å². The molecule has 0 saturated heterocycles. The van der Waals surface area contributed by atoms with Crippen LogP contribution in [0.25, 0.3) is 0 Å². The number of thiophene rings is 1. The van der Waals surface area contributed by atoms with Crippen molar-refractivity contribution in [2.24, 2.45) is 0 Å². The summed E-state index contributed by atoms with van der Waals surface area (Å²) in [6, 6.07) is 15.9. The predicted octanol–water partition coefficient (Wildman–Crippen LogP) is 6.12. The minimum atomic E-state index is -0.611. The van der Waals surface area contributed by atoms with E-state index in [0.29, 0.717) is 46.0 Å². The van der Waals surface area contributed by atoms with Crippen molar-refractivity contribution in [1.82, 2.24) is 5.32 Å². The van der Waals surface area contributed by atoms with Gasteiger partial charge in [0.05, 0.1) is 7.11 Å². The van der Waals surface area contributed by atoms with Gasteiger partial charge in [0.25, 0.3) is 5.91 Å². The molecular formula is C28H25ClN2O4S. The molecule has 0 radical (unpaired) electrons. The van der Waals surface area contributed by atoms with E-state index in [0.717, 1.165) is 5.70 Å². The molecule has 5 rings (SSSR count). The van der Waals surface area contributed by atoms with Gasteiger partial charge in [-0.25, -0.2) is 0 Å². The zero-order valence-electron chi connectivity index (χ0n) is 19.8. The number of anilines is 1. The van der Waals surface area contributed by atoms with E-state index in [9.17, 15) is 14.7 Å². The highest BCUT2D eigenvalue weighted by molar-refractivity contribution is 7.10. The van der Waals surface area contributed by atoms with E-state index >= 15 is 0 Å². The van der Waals surface area contributed by atoms with Gasteiger partial charge in [0.15, 0.2) is 17.3 Å². The molecule has 36 heavy (non-hydrogen) atoms. The van der Waals surface area contributed by atoms with Gasteiger partial charge in [-0.1, -0.05) is 23.7 Å². The Kier molecular flexibility index (Phi) is 6.60. The lowest BCUT2D eigenvalue weighted by molar-refractivity contribution is -0.116. The van der Waals surface area contributed by atoms with Crippen LogP contribution < -0.4 is 15.4 Å². The molecule has 1 amide bonds. The maximum absolute atomic E-state index is 13.7. The number of rotatable bonds is 5. The molecule has 2 heterocycles. The molecule has 0 unspecified atom stereocenters. The number of hydrogen-bond donors (Lipinski definition) is 3. The molecule has 1 aromatic heterocycles. The Morgan fingerprint density at radius 1 is 1.17 bits per heavy atom. The molecule has 2 aliphatic rings. The second-order valence-corrected chi connectivity index (χ2v) is 10.3.